The fourth-order valence-electron chi connectivity index (χ4n) is 4.46. The van der Waals surface area contributed by atoms with Crippen molar-refractivity contribution in [2.24, 2.45) is 0 Å². The molecular formula is C32H67N3O11. The van der Waals surface area contributed by atoms with Crippen LogP contribution in [0.1, 0.15) is 103 Å². The monoisotopic (exact) mass is 669 g/mol. The minimum Gasteiger partial charge on any atom is -0.481 e. The molecule has 0 saturated heterocycles. The lowest BCUT2D eigenvalue weighted by Crippen LogP contribution is -2.42. The number of nitrogens with zero attached hydrogens (tertiary/aromatic N) is 2. The normalized spacial score (nSPS) is 11.4. The van der Waals surface area contributed by atoms with Crippen LogP contribution >= 0.6 is 0 Å². The number of aliphatic hydroxyl groups excluding tert-OH is 6. The predicted octanol–water partition coefficient (Wildman–Crippen LogP) is 1.04. The molecule has 1 amide bonds. The molecule has 0 aromatic rings. The number of carbonyl (C=O) groups is 3. The summed E-state index contributed by atoms with van der Waals surface area (Å²) in [5.74, 6) is -2.94. The largest absolute Gasteiger partial charge is 0.481 e. The van der Waals surface area contributed by atoms with Crippen molar-refractivity contribution >= 4 is 17.8 Å². The van der Waals surface area contributed by atoms with E-state index >= 15 is 0 Å². The van der Waals surface area contributed by atoms with Gasteiger partial charge in [0.05, 0.1) is 46.1 Å². The average Bonchev–Trinajstić information content (AvgIpc) is 3.00. The van der Waals surface area contributed by atoms with Crippen LogP contribution in [0.4, 0.5) is 0 Å². The van der Waals surface area contributed by atoms with Gasteiger partial charge in [0, 0.05) is 45.7 Å². The second-order valence-corrected chi connectivity index (χ2v) is 11.1. The molecule has 46 heavy (non-hydrogen) atoms. The van der Waals surface area contributed by atoms with Crippen molar-refractivity contribution in [3.05, 3.63) is 0 Å². The highest BCUT2D eigenvalue weighted by molar-refractivity contribution is 5.86. The summed E-state index contributed by atoms with van der Waals surface area (Å²) in [6.07, 6.45) is 15.5. The van der Waals surface area contributed by atoms with E-state index in [-0.39, 0.29) is 52.0 Å². The number of aliphatic carboxylic acids is 2. The first-order valence-corrected chi connectivity index (χ1v) is 17.0. The Kier molecular flexibility index (Phi) is 41.4. The van der Waals surface area contributed by atoms with E-state index in [1.54, 1.807) is 9.80 Å². The molecule has 14 nitrogen and oxygen atoms in total. The molecule has 0 spiro atoms. The molecule has 0 aliphatic rings. The quantitative estimate of drug-likeness (QED) is 0.0487. The van der Waals surface area contributed by atoms with E-state index < -0.39 is 24.4 Å². The zero-order valence-electron chi connectivity index (χ0n) is 28.4. The van der Waals surface area contributed by atoms with Crippen LogP contribution in [-0.4, -0.2) is 153 Å². The third-order valence-electron chi connectivity index (χ3n) is 7.02. The molecule has 1 atom stereocenters. The lowest BCUT2D eigenvalue weighted by atomic mass is 10.0. The zero-order valence-corrected chi connectivity index (χ0v) is 28.4. The second-order valence-electron chi connectivity index (χ2n) is 11.1. The Morgan fingerprint density at radius 2 is 0.826 bits per heavy atom. The number of hydrogen-bond donors (Lipinski definition) is 9. The number of hydrogen-bond acceptors (Lipinski definition) is 11. The van der Waals surface area contributed by atoms with E-state index in [1.807, 2.05) is 0 Å². The Hall–Kier alpha value is -1.91. The molecule has 0 aromatic carbocycles. The summed E-state index contributed by atoms with van der Waals surface area (Å²) < 4.78 is 0. The van der Waals surface area contributed by atoms with Crippen molar-refractivity contribution in [3.63, 3.8) is 0 Å². The van der Waals surface area contributed by atoms with Crippen LogP contribution in [0.15, 0.2) is 0 Å². The highest BCUT2D eigenvalue weighted by Gasteiger charge is 2.22. The van der Waals surface area contributed by atoms with Crippen LogP contribution in [0.5, 0.6) is 0 Å². The molecule has 9 N–H and O–H groups in total. The van der Waals surface area contributed by atoms with E-state index in [9.17, 15) is 14.4 Å². The molecule has 0 rings (SSSR count). The minimum atomic E-state index is -1.35. The van der Waals surface area contributed by atoms with Gasteiger partial charge in [-0.05, 0) is 6.42 Å². The third-order valence-corrected chi connectivity index (χ3v) is 7.02. The summed E-state index contributed by atoms with van der Waals surface area (Å²) in [5.41, 5.74) is 0. The van der Waals surface area contributed by atoms with Crippen LogP contribution in [0, 0.1) is 0 Å². The Morgan fingerprint density at radius 3 is 1.09 bits per heavy atom. The van der Waals surface area contributed by atoms with Crippen molar-refractivity contribution < 1.29 is 55.2 Å². The van der Waals surface area contributed by atoms with Gasteiger partial charge in [-0.25, -0.2) is 4.79 Å². The highest BCUT2D eigenvalue weighted by atomic mass is 16.4. The average molecular weight is 670 g/mol. The molecule has 14 heteroatoms. The fraction of sp³-hybridized carbons (Fsp3) is 0.906. The minimum absolute atomic E-state index is 0.0694. The summed E-state index contributed by atoms with van der Waals surface area (Å²) >= 11 is 0. The van der Waals surface area contributed by atoms with Gasteiger partial charge < -0.3 is 46.2 Å². The van der Waals surface area contributed by atoms with Crippen LogP contribution < -0.4 is 5.32 Å². The number of aliphatic hydroxyl groups is 6. The van der Waals surface area contributed by atoms with E-state index in [0.29, 0.717) is 45.7 Å². The van der Waals surface area contributed by atoms with E-state index in [2.05, 4.69) is 12.2 Å². The highest BCUT2D eigenvalue weighted by Crippen LogP contribution is 2.13. The molecule has 276 valence electrons. The predicted molar refractivity (Wildman–Crippen MR) is 178 cm³/mol. The molecule has 0 aromatic heterocycles. The maximum Gasteiger partial charge on any atom is 0.326 e. The van der Waals surface area contributed by atoms with Crippen molar-refractivity contribution in [1.29, 1.82) is 0 Å². The smallest absolute Gasteiger partial charge is 0.326 e. The first kappa shape index (κ1) is 48.5. The molecule has 0 bridgehead atoms. The molecule has 0 saturated carbocycles. The standard InChI is InChI=1S/C20H37NO5.2C6H15NO3/c1-2-3-4-5-6-7-8-9-10-11-12-13-14-15-18(22)21-17(20(25)26)16-19(23)24;2*8-4-1-7(2-5-9)3-6-10/h17H,2-16H2,1H3,(H,21,22)(H,23,24)(H,25,26);2*8-10H,1-6H2/t17-;;/m0../s1. The van der Waals surface area contributed by atoms with Gasteiger partial charge in [0.1, 0.15) is 6.04 Å². The molecule has 0 fully saturated rings. The number of carboxylic acid groups (broad SMARTS) is 2. The van der Waals surface area contributed by atoms with Crippen molar-refractivity contribution in [2.45, 2.75) is 109 Å². The molecule has 0 aliphatic heterocycles. The van der Waals surface area contributed by atoms with Gasteiger partial charge in [-0.15, -0.1) is 0 Å². The summed E-state index contributed by atoms with van der Waals surface area (Å²) in [7, 11) is 0. The van der Waals surface area contributed by atoms with Gasteiger partial charge in [-0.3, -0.25) is 19.4 Å². The van der Waals surface area contributed by atoms with Crippen LogP contribution in [0.2, 0.25) is 0 Å². The Bertz CT molecular complexity index is 629. The maximum absolute atomic E-state index is 11.7. The first-order chi connectivity index (χ1) is 22.2. The number of unbranched alkanes of at least 4 members (excludes halogenated alkanes) is 12. The molecule has 0 heterocycles. The first-order valence-electron chi connectivity index (χ1n) is 17.0. The molecule has 0 radical (unpaired) electrons. The van der Waals surface area contributed by atoms with Crippen LogP contribution in [-0.2, 0) is 14.4 Å². The third kappa shape index (κ3) is 38.3. The number of carboxylic acids is 2. The Balaban J connectivity index is -0.000000752. The van der Waals surface area contributed by atoms with Gasteiger partial charge in [0.15, 0.2) is 0 Å². The summed E-state index contributed by atoms with van der Waals surface area (Å²) in [5, 5.41) is 70.7. The number of amides is 1. The van der Waals surface area contributed by atoms with Gasteiger partial charge >= 0.3 is 11.9 Å². The molecule has 0 aliphatic carbocycles. The summed E-state index contributed by atoms with van der Waals surface area (Å²) in [6, 6.07) is -1.35. The van der Waals surface area contributed by atoms with E-state index in [4.69, 9.17) is 40.9 Å². The maximum atomic E-state index is 11.7. The Morgan fingerprint density at radius 1 is 0.522 bits per heavy atom. The molecular weight excluding hydrogens is 602 g/mol. The van der Waals surface area contributed by atoms with Crippen LogP contribution in [0.3, 0.4) is 0 Å². The van der Waals surface area contributed by atoms with Gasteiger partial charge in [0.2, 0.25) is 5.91 Å². The van der Waals surface area contributed by atoms with Gasteiger partial charge in [-0.1, -0.05) is 84.0 Å². The number of nitrogens with one attached hydrogen (secondary N) is 1. The van der Waals surface area contributed by atoms with Crippen molar-refractivity contribution in [2.75, 3.05) is 78.9 Å². The van der Waals surface area contributed by atoms with E-state index in [0.717, 1.165) is 12.8 Å². The number of carbonyl (C=O) groups excluding carboxylic acids is 1. The van der Waals surface area contributed by atoms with E-state index in [1.165, 1.54) is 64.2 Å². The molecule has 0 unspecified atom stereocenters. The number of rotatable bonds is 30. The van der Waals surface area contributed by atoms with Gasteiger partial charge in [0.25, 0.3) is 0 Å². The second kappa shape index (κ2) is 39.3. The topological polar surface area (TPSA) is 232 Å². The zero-order chi connectivity index (χ0) is 35.3. The van der Waals surface area contributed by atoms with Gasteiger partial charge in [-0.2, -0.15) is 0 Å². The lowest BCUT2D eigenvalue weighted by Gasteiger charge is -2.17. The Labute approximate surface area is 276 Å². The van der Waals surface area contributed by atoms with Crippen molar-refractivity contribution in [3.8, 4) is 0 Å². The lowest BCUT2D eigenvalue weighted by molar-refractivity contribution is -0.147. The summed E-state index contributed by atoms with van der Waals surface area (Å²) in [4.78, 5) is 36.7. The SMILES string of the molecule is CCCCCCCCCCCCCCCC(=O)N[C@@H](CC(=O)O)C(=O)O.OCCN(CCO)CCO.OCCN(CCO)CCO. The van der Waals surface area contributed by atoms with Crippen LogP contribution in [0.25, 0.3) is 0 Å². The van der Waals surface area contributed by atoms with Crippen molar-refractivity contribution in [1.82, 2.24) is 15.1 Å². The summed E-state index contributed by atoms with van der Waals surface area (Å²) in [6.45, 7) is 5.74. The fourth-order valence-corrected chi connectivity index (χ4v) is 4.46.